The first-order chi connectivity index (χ1) is 21.8. The third-order valence-electron chi connectivity index (χ3n) is 7.01. The van der Waals surface area contributed by atoms with Gasteiger partial charge in [-0.15, -0.1) is 0 Å². The Morgan fingerprint density at radius 1 is 1.11 bits per heavy atom. The molecule has 0 aliphatic carbocycles. The summed E-state index contributed by atoms with van der Waals surface area (Å²) in [6.07, 6.45) is 5.22. The van der Waals surface area contributed by atoms with E-state index in [-0.39, 0.29) is 89.0 Å². The number of furan rings is 1. The van der Waals surface area contributed by atoms with Crippen molar-refractivity contribution in [3.8, 4) is 5.75 Å². The standard InChI is InChI=1S/C30H30FN3O10S2.K/c1-2-20(16-28-33(11-4-14-45(36,37)38)23-18-21(31)7-9-25(23)43-28)17-29-34(12-5-15-46(39,40)41)24-19-22(8-10-26(24)44-29)32-30(35)27-6-3-13-42-27;/h3,6-10,13,16-19H,2,4-5,11-12,14-15H2,1H3,(H2-,32,35,36,37,38,39,40,41);/q;+1. The van der Waals surface area contributed by atoms with Crippen molar-refractivity contribution in [3.05, 3.63) is 89.8 Å². The average Bonchev–Trinajstić information content (AvgIpc) is 3.70. The molecule has 13 nitrogen and oxygen atoms in total. The quantitative estimate of drug-likeness (QED) is 0.116. The molecule has 0 unspecified atom stereocenters. The van der Waals surface area contributed by atoms with Crippen LogP contribution in [-0.2, 0) is 26.8 Å². The van der Waals surface area contributed by atoms with Gasteiger partial charge in [0, 0.05) is 42.6 Å². The van der Waals surface area contributed by atoms with Crippen LogP contribution < -0.4 is 70.9 Å². The molecule has 1 amide bonds. The molecule has 0 spiro atoms. The van der Waals surface area contributed by atoms with Gasteiger partial charge in [0.2, 0.25) is 11.5 Å². The summed E-state index contributed by atoms with van der Waals surface area (Å²) in [6, 6.07) is 12.0. The summed E-state index contributed by atoms with van der Waals surface area (Å²) in [5.41, 5.74) is 2.40. The monoisotopic (exact) mass is 714 g/mol. The Balaban J connectivity index is 0.00000500. The SMILES string of the molecule is CCC(=Cc1oc2ccc(NC(=O)c3ccco3)cc2[n+]1CCCS(=O)(=O)[O-])C=C1Oc2ccc(F)cc2N1CCCS(=O)(=O)O.[K+]. The van der Waals surface area contributed by atoms with Crippen molar-refractivity contribution < 1.29 is 105 Å². The van der Waals surface area contributed by atoms with Crippen molar-refractivity contribution >= 4 is 54.7 Å². The molecule has 3 heterocycles. The van der Waals surface area contributed by atoms with E-state index in [4.69, 9.17) is 13.6 Å². The second kappa shape index (κ2) is 15.6. The van der Waals surface area contributed by atoms with Crippen molar-refractivity contribution in [2.45, 2.75) is 32.7 Å². The van der Waals surface area contributed by atoms with Crippen LogP contribution in [0.1, 0.15) is 42.6 Å². The van der Waals surface area contributed by atoms with E-state index in [1.165, 1.54) is 30.5 Å². The molecule has 0 fully saturated rings. The molecule has 4 aromatic rings. The van der Waals surface area contributed by atoms with Gasteiger partial charge in [0.05, 0.1) is 33.9 Å². The van der Waals surface area contributed by atoms with Crippen LogP contribution in [0.3, 0.4) is 0 Å². The van der Waals surface area contributed by atoms with Gasteiger partial charge in [-0.2, -0.15) is 13.0 Å². The molecule has 1 aliphatic rings. The molecular formula is C30H30FKN3O10S2+. The topological polar surface area (TPSA) is 183 Å². The van der Waals surface area contributed by atoms with Crippen LogP contribution in [0.4, 0.5) is 15.8 Å². The van der Waals surface area contributed by atoms with Gasteiger partial charge in [-0.25, -0.2) is 12.8 Å². The van der Waals surface area contributed by atoms with Crippen molar-refractivity contribution in [3.63, 3.8) is 0 Å². The molecule has 2 N–H and O–H groups in total. The number of anilines is 2. The smallest absolute Gasteiger partial charge is 0.748 e. The minimum atomic E-state index is -4.48. The molecule has 17 heteroatoms. The number of hydrogen-bond donors (Lipinski definition) is 2. The second-order valence-electron chi connectivity index (χ2n) is 10.4. The van der Waals surface area contributed by atoms with Crippen LogP contribution in [0, 0.1) is 5.82 Å². The van der Waals surface area contributed by atoms with Crippen LogP contribution in [0.5, 0.6) is 5.75 Å². The van der Waals surface area contributed by atoms with Crippen LogP contribution in [-0.4, -0.2) is 49.9 Å². The molecular weight excluding hydrogens is 685 g/mol. The van der Waals surface area contributed by atoms with E-state index >= 15 is 0 Å². The number of oxazole rings is 1. The number of ether oxygens (including phenoxy) is 1. The first-order valence-electron chi connectivity index (χ1n) is 14.2. The summed E-state index contributed by atoms with van der Waals surface area (Å²) in [7, 11) is -8.69. The van der Waals surface area contributed by atoms with Gasteiger partial charge in [-0.3, -0.25) is 9.35 Å². The van der Waals surface area contributed by atoms with Gasteiger partial charge >= 0.3 is 57.3 Å². The zero-order valence-corrected chi connectivity index (χ0v) is 30.3. The minimum absolute atomic E-state index is 0. The summed E-state index contributed by atoms with van der Waals surface area (Å²) in [5.74, 6) is -1.04. The van der Waals surface area contributed by atoms with E-state index in [1.54, 1.807) is 45.9 Å². The molecule has 0 radical (unpaired) electrons. The number of nitrogens with zero attached hydrogens (tertiary/aromatic N) is 2. The summed E-state index contributed by atoms with van der Waals surface area (Å²) < 4.78 is 98.9. The fraction of sp³-hybridized carbons (Fsp3) is 0.267. The minimum Gasteiger partial charge on any atom is -0.748 e. The molecule has 47 heavy (non-hydrogen) atoms. The Kier molecular flexibility index (Phi) is 12.2. The maximum absolute atomic E-state index is 14.1. The number of hydrogen-bond acceptors (Lipinski definition) is 10. The van der Waals surface area contributed by atoms with Crippen molar-refractivity contribution in [1.29, 1.82) is 0 Å². The van der Waals surface area contributed by atoms with Crippen molar-refractivity contribution in [1.82, 2.24) is 0 Å². The van der Waals surface area contributed by atoms with Gasteiger partial charge in [-0.05, 0) is 54.8 Å². The molecule has 1 aliphatic heterocycles. The number of halogens is 1. The molecule has 0 saturated carbocycles. The fourth-order valence-corrected chi connectivity index (χ4v) is 5.87. The molecule has 2 aromatic heterocycles. The first-order valence-corrected chi connectivity index (χ1v) is 17.4. The fourth-order valence-electron chi connectivity index (χ4n) is 4.90. The number of aromatic nitrogens is 1. The zero-order valence-electron chi connectivity index (χ0n) is 25.5. The Labute approximate surface area is 313 Å². The Hall–Kier alpha value is -2.87. The van der Waals surface area contributed by atoms with Crippen molar-refractivity contribution in [2.75, 3.05) is 28.3 Å². The number of rotatable bonds is 13. The molecule has 0 atom stereocenters. The van der Waals surface area contributed by atoms with E-state index < -0.39 is 43.5 Å². The van der Waals surface area contributed by atoms with E-state index in [2.05, 4.69) is 5.32 Å². The van der Waals surface area contributed by atoms with E-state index in [1.807, 2.05) is 6.92 Å². The number of allylic oxidation sites excluding steroid dienone is 2. The third-order valence-corrected chi connectivity index (χ3v) is 8.60. The Morgan fingerprint density at radius 3 is 2.57 bits per heavy atom. The van der Waals surface area contributed by atoms with E-state index in [0.29, 0.717) is 46.1 Å². The number of carbonyl (C=O) groups excluding carboxylic acids is 1. The van der Waals surface area contributed by atoms with Gasteiger partial charge < -0.3 is 28.3 Å². The van der Waals surface area contributed by atoms with Crippen LogP contribution in [0.15, 0.2) is 81.2 Å². The summed E-state index contributed by atoms with van der Waals surface area (Å²) in [4.78, 5) is 14.1. The van der Waals surface area contributed by atoms with Crippen LogP contribution in [0.2, 0.25) is 0 Å². The molecule has 244 valence electrons. The number of fused-ring (bicyclic) bond motifs is 2. The predicted octanol–water partition coefficient (Wildman–Crippen LogP) is 1.46. The number of nitrogens with one attached hydrogen (secondary N) is 1. The van der Waals surface area contributed by atoms with Gasteiger partial charge in [0.1, 0.15) is 5.82 Å². The molecule has 2 aromatic carbocycles. The second-order valence-corrected chi connectivity index (χ2v) is 13.5. The van der Waals surface area contributed by atoms with E-state index in [9.17, 15) is 35.1 Å². The number of amides is 1. The summed E-state index contributed by atoms with van der Waals surface area (Å²) in [6.45, 7) is 2.05. The maximum atomic E-state index is 14.1. The number of carbonyl (C=O) groups is 1. The summed E-state index contributed by atoms with van der Waals surface area (Å²) >= 11 is 0. The molecule has 0 saturated heterocycles. The normalized spacial score (nSPS) is 14.3. The molecule has 0 bridgehead atoms. The largest absolute Gasteiger partial charge is 1.00 e. The van der Waals surface area contributed by atoms with Crippen LogP contribution >= 0.6 is 0 Å². The van der Waals surface area contributed by atoms with Gasteiger partial charge in [-0.1, -0.05) is 6.92 Å². The van der Waals surface area contributed by atoms with E-state index in [0.717, 1.165) is 0 Å². The molecule has 5 rings (SSSR count). The van der Waals surface area contributed by atoms with Gasteiger partial charge in [0.25, 0.3) is 21.5 Å². The third kappa shape index (κ3) is 9.83. The Morgan fingerprint density at radius 2 is 1.89 bits per heavy atom. The zero-order chi connectivity index (χ0) is 33.1. The predicted molar refractivity (Wildman–Crippen MR) is 164 cm³/mol. The Bertz CT molecular complexity index is 2040. The van der Waals surface area contributed by atoms with Crippen LogP contribution in [0.25, 0.3) is 17.2 Å². The number of benzene rings is 2. The average molecular weight is 715 g/mol. The maximum Gasteiger partial charge on any atom is 1.00 e. The van der Waals surface area contributed by atoms with Crippen molar-refractivity contribution in [2.24, 2.45) is 0 Å². The summed E-state index contributed by atoms with van der Waals surface area (Å²) in [5, 5.41) is 2.74. The number of aryl methyl sites for hydroxylation is 1. The van der Waals surface area contributed by atoms with Gasteiger partial charge in [0.15, 0.2) is 18.1 Å². The first kappa shape index (κ1) is 37.0.